The summed E-state index contributed by atoms with van der Waals surface area (Å²) in [6.45, 7) is 5.79. The van der Waals surface area contributed by atoms with E-state index in [4.69, 9.17) is 4.74 Å². The van der Waals surface area contributed by atoms with E-state index in [0.717, 1.165) is 26.7 Å². The second kappa shape index (κ2) is 11.5. The van der Waals surface area contributed by atoms with E-state index < -0.39 is 34.1 Å². The van der Waals surface area contributed by atoms with Crippen LogP contribution in [0.15, 0.2) is 57.9 Å². The Morgan fingerprint density at radius 1 is 1.15 bits per heavy atom. The zero-order valence-corrected chi connectivity index (χ0v) is 24.2. The molecule has 0 radical (unpaired) electrons. The Balaban J connectivity index is 1.45. The second-order valence-electron chi connectivity index (χ2n) is 10.4. The molecule has 2 saturated heterocycles. The molecule has 8 nitrogen and oxygen atoms in total. The molecule has 0 aliphatic carbocycles. The molecule has 2 fully saturated rings. The van der Waals surface area contributed by atoms with Crippen molar-refractivity contribution in [3.63, 3.8) is 0 Å². The zero-order chi connectivity index (χ0) is 28.4. The lowest BCUT2D eigenvalue weighted by molar-refractivity contribution is -0.127. The Kier molecular flexibility index (Phi) is 8.51. The molecule has 0 aromatic heterocycles. The molecular weight excluding hydrogens is 589 g/mol. The number of rotatable bonds is 6. The Morgan fingerprint density at radius 2 is 1.85 bits per heavy atom. The molecule has 2 heterocycles. The van der Waals surface area contributed by atoms with Crippen LogP contribution in [0.2, 0.25) is 0 Å². The SMILES string of the molecule is CC(C)(C)OC(=O)N1CCC(C(=O)NCCN2C(=O)S/C(=C/c3ccccc3F)C2=O)(c2ccc(Br)cc2)C1. The number of hydrogen-bond acceptors (Lipinski definition) is 6. The van der Waals surface area contributed by atoms with Crippen LogP contribution >= 0.6 is 27.7 Å². The maximum atomic E-state index is 14.0. The normalized spacial score (nSPS) is 20.6. The minimum absolute atomic E-state index is 0.0224. The molecule has 11 heteroatoms. The van der Waals surface area contributed by atoms with Crippen LogP contribution in [0.25, 0.3) is 6.08 Å². The van der Waals surface area contributed by atoms with Crippen LogP contribution in [0.5, 0.6) is 0 Å². The van der Waals surface area contributed by atoms with Crippen molar-refractivity contribution in [3.05, 3.63) is 74.9 Å². The summed E-state index contributed by atoms with van der Waals surface area (Å²) >= 11 is 4.15. The molecule has 0 spiro atoms. The topological polar surface area (TPSA) is 96.0 Å². The maximum absolute atomic E-state index is 14.0. The van der Waals surface area contributed by atoms with Crippen molar-refractivity contribution in [2.24, 2.45) is 0 Å². The first-order valence-electron chi connectivity index (χ1n) is 12.4. The fourth-order valence-electron chi connectivity index (χ4n) is 4.49. The average Bonchev–Trinajstić information content (AvgIpc) is 3.43. The van der Waals surface area contributed by atoms with E-state index in [1.54, 1.807) is 32.9 Å². The molecule has 0 bridgehead atoms. The van der Waals surface area contributed by atoms with Gasteiger partial charge in [-0.25, -0.2) is 9.18 Å². The van der Waals surface area contributed by atoms with E-state index in [2.05, 4.69) is 21.2 Å². The number of amides is 4. The lowest BCUT2D eigenvalue weighted by Crippen LogP contribution is -2.49. The van der Waals surface area contributed by atoms with Gasteiger partial charge in [0.1, 0.15) is 11.4 Å². The van der Waals surface area contributed by atoms with Gasteiger partial charge in [0.05, 0.1) is 10.3 Å². The van der Waals surface area contributed by atoms with E-state index in [-0.39, 0.29) is 36.0 Å². The highest BCUT2D eigenvalue weighted by Gasteiger charge is 2.48. The quantitative estimate of drug-likeness (QED) is 0.441. The molecule has 2 aliphatic heterocycles. The van der Waals surface area contributed by atoms with Gasteiger partial charge in [-0.2, -0.15) is 0 Å². The van der Waals surface area contributed by atoms with Crippen molar-refractivity contribution < 1.29 is 28.3 Å². The molecule has 206 valence electrons. The summed E-state index contributed by atoms with van der Waals surface area (Å²) in [5.41, 5.74) is -0.743. The molecule has 39 heavy (non-hydrogen) atoms. The number of hydrogen-bond donors (Lipinski definition) is 1. The van der Waals surface area contributed by atoms with Gasteiger partial charge in [-0.1, -0.05) is 46.3 Å². The zero-order valence-electron chi connectivity index (χ0n) is 21.8. The standard InChI is InChI=1S/C28H29BrFN3O5S/c1-27(2,3)38-25(36)32-14-12-28(17-32,19-8-10-20(29)11-9-19)24(35)31-13-15-33-23(34)22(39-26(33)37)16-18-6-4-5-7-21(18)30/h4-11,16H,12-15,17H2,1-3H3,(H,31,35)/b22-16+. The number of carbonyl (C=O) groups is 4. The van der Waals surface area contributed by atoms with Crippen LogP contribution < -0.4 is 5.32 Å². The van der Waals surface area contributed by atoms with Crippen molar-refractivity contribution in [3.8, 4) is 0 Å². The van der Waals surface area contributed by atoms with Gasteiger partial charge in [0.2, 0.25) is 5.91 Å². The van der Waals surface area contributed by atoms with Crippen molar-refractivity contribution in [2.75, 3.05) is 26.2 Å². The van der Waals surface area contributed by atoms with Crippen LogP contribution in [0, 0.1) is 5.82 Å². The third-order valence-electron chi connectivity index (χ3n) is 6.44. The van der Waals surface area contributed by atoms with Crippen LogP contribution in [-0.4, -0.2) is 64.7 Å². The Hall–Kier alpha value is -3.18. The first-order valence-corrected chi connectivity index (χ1v) is 14.0. The third-order valence-corrected chi connectivity index (χ3v) is 7.87. The van der Waals surface area contributed by atoms with Crippen molar-refractivity contribution in [1.82, 2.24) is 15.1 Å². The minimum Gasteiger partial charge on any atom is -0.444 e. The Labute approximate surface area is 239 Å². The number of halogens is 2. The summed E-state index contributed by atoms with van der Waals surface area (Å²) in [7, 11) is 0. The summed E-state index contributed by atoms with van der Waals surface area (Å²) in [5.74, 6) is -1.35. The predicted molar refractivity (Wildman–Crippen MR) is 150 cm³/mol. The van der Waals surface area contributed by atoms with E-state index in [9.17, 15) is 23.6 Å². The highest BCUT2D eigenvalue weighted by Crippen LogP contribution is 2.37. The van der Waals surface area contributed by atoms with E-state index in [1.165, 1.54) is 23.1 Å². The molecule has 1 unspecified atom stereocenters. The van der Waals surface area contributed by atoms with Crippen LogP contribution in [0.3, 0.4) is 0 Å². The van der Waals surface area contributed by atoms with Crippen LogP contribution in [0.1, 0.15) is 38.3 Å². The van der Waals surface area contributed by atoms with Gasteiger partial charge in [0.25, 0.3) is 11.1 Å². The van der Waals surface area contributed by atoms with E-state index in [0.29, 0.717) is 13.0 Å². The number of ether oxygens (including phenoxy) is 1. The molecule has 4 rings (SSSR count). The Morgan fingerprint density at radius 3 is 2.51 bits per heavy atom. The number of thioether (sulfide) groups is 1. The molecule has 1 atom stereocenters. The number of likely N-dealkylation sites (tertiary alicyclic amines) is 1. The van der Waals surface area contributed by atoms with E-state index in [1.807, 2.05) is 24.3 Å². The highest BCUT2D eigenvalue weighted by atomic mass is 79.9. The monoisotopic (exact) mass is 617 g/mol. The second-order valence-corrected chi connectivity index (χ2v) is 12.3. The largest absolute Gasteiger partial charge is 0.444 e. The molecule has 4 amide bonds. The summed E-state index contributed by atoms with van der Waals surface area (Å²) in [6, 6.07) is 13.3. The number of nitrogens with one attached hydrogen (secondary N) is 1. The number of benzene rings is 2. The average molecular weight is 619 g/mol. The van der Waals surface area contributed by atoms with Gasteiger partial charge in [-0.15, -0.1) is 0 Å². The van der Waals surface area contributed by atoms with Crippen molar-refractivity contribution in [2.45, 2.75) is 38.2 Å². The molecular formula is C28H29BrFN3O5S. The molecule has 0 saturated carbocycles. The predicted octanol–water partition coefficient (Wildman–Crippen LogP) is 5.32. The fourth-order valence-corrected chi connectivity index (χ4v) is 5.61. The summed E-state index contributed by atoms with van der Waals surface area (Å²) in [5, 5.41) is 2.37. The summed E-state index contributed by atoms with van der Waals surface area (Å²) in [4.78, 5) is 54.4. The van der Waals surface area contributed by atoms with Crippen molar-refractivity contribution >= 4 is 56.9 Å². The summed E-state index contributed by atoms with van der Waals surface area (Å²) < 4.78 is 20.4. The molecule has 1 N–H and O–H groups in total. The fraction of sp³-hybridized carbons (Fsp3) is 0.357. The first-order chi connectivity index (χ1) is 18.4. The van der Waals surface area contributed by atoms with E-state index >= 15 is 0 Å². The van der Waals surface area contributed by atoms with Gasteiger partial charge in [0, 0.05) is 36.2 Å². The third kappa shape index (κ3) is 6.52. The van der Waals surface area contributed by atoms with Crippen LogP contribution in [0.4, 0.5) is 14.0 Å². The highest BCUT2D eigenvalue weighted by molar-refractivity contribution is 9.10. The number of carbonyl (C=O) groups excluding carboxylic acids is 4. The van der Waals surface area contributed by atoms with Gasteiger partial charge in [-0.3, -0.25) is 19.3 Å². The molecule has 2 aliphatic rings. The number of nitrogens with zero attached hydrogens (tertiary/aromatic N) is 2. The van der Waals surface area contributed by atoms with Gasteiger partial charge >= 0.3 is 6.09 Å². The van der Waals surface area contributed by atoms with Crippen molar-refractivity contribution in [1.29, 1.82) is 0 Å². The lowest BCUT2D eigenvalue weighted by Gasteiger charge is -2.30. The van der Waals surface area contributed by atoms with Gasteiger partial charge in [0.15, 0.2) is 0 Å². The minimum atomic E-state index is -1.03. The van der Waals surface area contributed by atoms with Gasteiger partial charge in [-0.05, 0) is 68.8 Å². The Bertz CT molecular complexity index is 1330. The lowest BCUT2D eigenvalue weighted by atomic mass is 9.78. The number of imide groups is 1. The van der Waals surface area contributed by atoms with Crippen LogP contribution in [-0.2, 0) is 19.7 Å². The maximum Gasteiger partial charge on any atom is 0.410 e. The summed E-state index contributed by atoms with van der Waals surface area (Å²) in [6.07, 6.45) is 1.24. The van der Waals surface area contributed by atoms with Gasteiger partial charge < -0.3 is 15.0 Å². The molecule has 2 aromatic rings. The smallest absolute Gasteiger partial charge is 0.410 e. The molecule has 2 aromatic carbocycles. The first kappa shape index (κ1) is 28.8.